The highest BCUT2D eigenvalue weighted by atomic mass is 35.5. The molecule has 1 aromatic heterocycles. The molecule has 0 spiro atoms. The predicted octanol–water partition coefficient (Wildman–Crippen LogP) is 1.14. The molecule has 5 nitrogen and oxygen atoms in total. The van der Waals surface area contributed by atoms with Gasteiger partial charge in [-0.1, -0.05) is 11.6 Å². The van der Waals surface area contributed by atoms with Crippen molar-refractivity contribution < 1.29 is 8.42 Å². The first kappa shape index (κ1) is 15.7. The third kappa shape index (κ3) is 2.95. The number of nitrogens with zero attached hydrogens (tertiary/aromatic N) is 2. The van der Waals surface area contributed by atoms with Gasteiger partial charge in [0.15, 0.2) is 5.03 Å². The highest BCUT2D eigenvalue weighted by molar-refractivity contribution is 7.89. The van der Waals surface area contributed by atoms with Crippen LogP contribution in [0.15, 0.2) is 23.4 Å². The quantitative estimate of drug-likeness (QED) is 0.889. The Morgan fingerprint density at radius 3 is 2.89 bits per heavy atom. The van der Waals surface area contributed by atoms with E-state index >= 15 is 0 Å². The van der Waals surface area contributed by atoms with Crippen LogP contribution in [-0.2, 0) is 10.0 Å². The summed E-state index contributed by atoms with van der Waals surface area (Å²) in [6.07, 6.45) is 1.44. The zero-order chi connectivity index (χ0) is 12.5. The molecule has 1 N–H and O–H groups in total. The van der Waals surface area contributed by atoms with E-state index in [0.717, 1.165) is 0 Å². The van der Waals surface area contributed by atoms with Crippen LogP contribution in [0.4, 0.5) is 0 Å². The molecule has 1 aliphatic rings. The molecule has 0 aromatic carbocycles. The maximum atomic E-state index is 12.4. The van der Waals surface area contributed by atoms with Crippen LogP contribution in [0.2, 0.25) is 5.02 Å². The molecule has 0 aliphatic carbocycles. The summed E-state index contributed by atoms with van der Waals surface area (Å²) in [5, 5.41) is 3.25. The van der Waals surface area contributed by atoms with Crippen LogP contribution in [0, 0.1) is 0 Å². The van der Waals surface area contributed by atoms with E-state index in [1.807, 2.05) is 6.92 Å². The Labute approximate surface area is 118 Å². The lowest BCUT2D eigenvalue weighted by atomic mass is 10.3. The molecule has 1 fully saturated rings. The van der Waals surface area contributed by atoms with E-state index in [0.29, 0.717) is 19.6 Å². The molecule has 1 aliphatic heterocycles. The molecule has 1 aromatic rings. The van der Waals surface area contributed by atoms with Gasteiger partial charge in [0.2, 0.25) is 0 Å². The number of aromatic nitrogens is 1. The Kier molecular flexibility index (Phi) is 5.36. The normalized spacial score (nSPS) is 21.3. The molecular weight excluding hydrogens is 297 g/mol. The summed E-state index contributed by atoms with van der Waals surface area (Å²) in [5.41, 5.74) is 0. The van der Waals surface area contributed by atoms with Crippen molar-refractivity contribution in [2.75, 3.05) is 19.6 Å². The SMILES string of the molecule is CC1CNCCN1S(=O)(=O)c1ncccc1Cl.Cl. The van der Waals surface area contributed by atoms with Gasteiger partial charge in [-0.05, 0) is 19.1 Å². The molecular formula is C10H15Cl2N3O2S. The van der Waals surface area contributed by atoms with Crippen molar-refractivity contribution >= 4 is 34.0 Å². The van der Waals surface area contributed by atoms with Gasteiger partial charge in [-0.25, -0.2) is 13.4 Å². The standard InChI is InChI=1S/C10H14ClN3O2S.ClH/c1-8-7-12-5-6-14(8)17(15,16)10-9(11)3-2-4-13-10;/h2-4,8,12H,5-7H2,1H3;1H. The zero-order valence-electron chi connectivity index (χ0n) is 9.84. The number of hydrogen-bond donors (Lipinski definition) is 1. The van der Waals surface area contributed by atoms with Gasteiger partial charge in [-0.15, -0.1) is 12.4 Å². The Balaban J connectivity index is 0.00000162. The highest BCUT2D eigenvalue weighted by Crippen LogP contribution is 2.23. The minimum Gasteiger partial charge on any atom is -0.314 e. The van der Waals surface area contributed by atoms with E-state index in [-0.39, 0.29) is 28.5 Å². The van der Waals surface area contributed by atoms with Crippen molar-refractivity contribution in [1.29, 1.82) is 0 Å². The lowest BCUT2D eigenvalue weighted by molar-refractivity contribution is 0.283. The molecule has 102 valence electrons. The summed E-state index contributed by atoms with van der Waals surface area (Å²) in [5.74, 6) is 0. The maximum Gasteiger partial charge on any atom is 0.262 e. The fourth-order valence-electron chi connectivity index (χ4n) is 1.85. The summed E-state index contributed by atoms with van der Waals surface area (Å²) in [6.45, 7) is 3.59. The largest absolute Gasteiger partial charge is 0.314 e. The van der Waals surface area contributed by atoms with Crippen molar-refractivity contribution in [3.05, 3.63) is 23.4 Å². The lowest BCUT2D eigenvalue weighted by Crippen LogP contribution is -2.52. The zero-order valence-corrected chi connectivity index (χ0v) is 12.2. The maximum absolute atomic E-state index is 12.4. The Morgan fingerprint density at radius 2 is 2.28 bits per heavy atom. The monoisotopic (exact) mass is 311 g/mol. The molecule has 8 heteroatoms. The molecule has 0 bridgehead atoms. The first-order valence-electron chi connectivity index (χ1n) is 5.36. The molecule has 0 amide bonds. The molecule has 2 heterocycles. The first-order valence-corrected chi connectivity index (χ1v) is 7.18. The number of pyridine rings is 1. The second-order valence-corrected chi connectivity index (χ2v) is 6.17. The van der Waals surface area contributed by atoms with Crippen LogP contribution >= 0.6 is 24.0 Å². The summed E-state index contributed by atoms with van der Waals surface area (Å²) in [4.78, 5) is 3.88. The predicted molar refractivity (Wildman–Crippen MR) is 72.7 cm³/mol. The van der Waals surface area contributed by atoms with Crippen LogP contribution in [0.25, 0.3) is 0 Å². The smallest absolute Gasteiger partial charge is 0.262 e. The van der Waals surface area contributed by atoms with Crippen LogP contribution in [0.3, 0.4) is 0 Å². The summed E-state index contributed by atoms with van der Waals surface area (Å²) in [7, 11) is -3.59. The number of halogens is 2. The Hall–Kier alpha value is -0.400. The van der Waals surface area contributed by atoms with Gasteiger partial charge >= 0.3 is 0 Å². The van der Waals surface area contributed by atoms with E-state index in [9.17, 15) is 8.42 Å². The van der Waals surface area contributed by atoms with E-state index in [1.165, 1.54) is 16.6 Å². The van der Waals surface area contributed by atoms with Crippen LogP contribution in [-0.4, -0.2) is 43.4 Å². The van der Waals surface area contributed by atoms with Gasteiger partial charge in [0.1, 0.15) is 0 Å². The van der Waals surface area contributed by atoms with Crippen molar-refractivity contribution in [3.8, 4) is 0 Å². The van der Waals surface area contributed by atoms with E-state index in [1.54, 1.807) is 6.07 Å². The Morgan fingerprint density at radius 1 is 1.56 bits per heavy atom. The second kappa shape index (κ2) is 6.16. The molecule has 1 saturated heterocycles. The van der Waals surface area contributed by atoms with Crippen molar-refractivity contribution in [2.45, 2.75) is 18.0 Å². The van der Waals surface area contributed by atoms with E-state index in [2.05, 4.69) is 10.3 Å². The molecule has 1 atom stereocenters. The number of hydrogen-bond acceptors (Lipinski definition) is 4. The third-order valence-electron chi connectivity index (χ3n) is 2.72. The van der Waals surface area contributed by atoms with Crippen molar-refractivity contribution in [1.82, 2.24) is 14.6 Å². The summed E-state index contributed by atoms with van der Waals surface area (Å²) >= 11 is 5.89. The summed E-state index contributed by atoms with van der Waals surface area (Å²) < 4.78 is 26.2. The number of rotatable bonds is 2. The topological polar surface area (TPSA) is 62.3 Å². The van der Waals surface area contributed by atoms with Crippen molar-refractivity contribution in [3.63, 3.8) is 0 Å². The van der Waals surface area contributed by atoms with Gasteiger partial charge in [0, 0.05) is 31.9 Å². The lowest BCUT2D eigenvalue weighted by Gasteiger charge is -2.32. The first-order chi connectivity index (χ1) is 8.03. The Bertz CT molecular complexity index is 510. The van der Waals surface area contributed by atoms with Gasteiger partial charge in [-0.3, -0.25) is 0 Å². The molecule has 0 radical (unpaired) electrons. The molecule has 2 rings (SSSR count). The van der Waals surface area contributed by atoms with Crippen LogP contribution < -0.4 is 5.32 Å². The second-order valence-electron chi connectivity index (χ2n) is 3.96. The molecule has 0 saturated carbocycles. The van der Waals surface area contributed by atoms with Gasteiger partial charge in [-0.2, -0.15) is 4.31 Å². The molecule has 18 heavy (non-hydrogen) atoms. The van der Waals surface area contributed by atoms with Gasteiger partial charge in [0.25, 0.3) is 10.0 Å². The average Bonchev–Trinajstić information content (AvgIpc) is 2.29. The minimum absolute atomic E-state index is 0. The number of piperazine rings is 1. The fourth-order valence-corrected chi connectivity index (χ4v) is 3.88. The third-order valence-corrected chi connectivity index (χ3v) is 5.11. The molecule has 1 unspecified atom stereocenters. The van der Waals surface area contributed by atoms with Gasteiger partial charge < -0.3 is 5.32 Å². The summed E-state index contributed by atoms with van der Waals surface area (Å²) in [6, 6.07) is 3.06. The van der Waals surface area contributed by atoms with E-state index in [4.69, 9.17) is 11.6 Å². The number of sulfonamides is 1. The van der Waals surface area contributed by atoms with Crippen molar-refractivity contribution in [2.24, 2.45) is 0 Å². The highest BCUT2D eigenvalue weighted by Gasteiger charge is 2.33. The average molecular weight is 312 g/mol. The van der Waals surface area contributed by atoms with Crippen LogP contribution in [0.5, 0.6) is 0 Å². The minimum atomic E-state index is -3.59. The fraction of sp³-hybridized carbons (Fsp3) is 0.500. The van der Waals surface area contributed by atoms with Gasteiger partial charge in [0.05, 0.1) is 5.02 Å². The van der Waals surface area contributed by atoms with Crippen LogP contribution in [0.1, 0.15) is 6.92 Å². The van der Waals surface area contributed by atoms with E-state index < -0.39 is 10.0 Å². The number of nitrogens with one attached hydrogen (secondary N) is 1.